The first-order chi connectivity index (χ1) is 8.48. The largest absolute Gasteiger partial charge is 0.384 e. The van der Waals surface area contributed by atoms with Crippen LogP contribution in [-0.2, 0) is 0 Å². The average Bonchev–Trinajstić information content (AvgIpc) is 2.82. The molecule has 0 aromatic carbocycles. The van der Waals surface area contributed by atoms with Crippen LogP contribution in [0.25, 0.3) is 0 Å². The Morgan fingerprint density at radius 3 is 2.94 bits per heavy atom. The van der Waals surface area contributed by atoms with Crippen LogP contribution >= 0.6 is 23.1 Å². The SMILES string of the molecule is CSC(C)(C)CNC(=O)c1csc(C#CCO)c1. The second-order valence-electron chi connectivity index (χ2n) is 4.31. The van der Waals surface area contributed by atoms with Crippen molar-refractivity contribution < 1.29 is 9.90 Å². The van der Waals surface area contributed by atoms with Crippen LogP contribution in [0.1, 0.15) is 29.1 Å². The van der Waals surface area contributed by atoms with Gasteiger partial charge in [-0.15, -0.1) is 11.3 Å². The summed E-state index contributed by atoms with van der Waals surface area (Å²) in [6, 6.07) is 1.74. The Balaban J connectivity index is 2.60. The number of hydrogen-bond donors (Lipinski definition) is 2. The van der Waals surface area contributed by atoms with Gasteiger partial charge in [0.2, 0.25) is 0 Å². The molecule has 5 heteroatoms. The van der Waals surface area contributed by atoms with Crippen LogP contribution in [0, 0.1) is 11.8 Å². The summed E-state index contributed by atoms with van der Waals surface area (Å²) < 4.78 is 0.0329. The summed E-state index contributed by atoms with van der Waals surface area (Å²) in [4.78, 5) is 12.7. The zero-order valence-electron chi connectivity index (χ0n) is 10.7. The minimum atomic E-state index is -0.165. The molecule has 0 aliphatic rings. The molecule has 0 aliphatic carbocycles. The van der Waals surface area contributed by atoms with Crippen molar-refractivity contribution in [1.29, 1.82) is 0 Å². The van der Waals surface area contributed by atoms with Gasteiger partial charge in [-0.3, -0.25) is 4.79 Å². The van der Waals surface area contributed by atoms with Crippen molar-refractivity contribution in [3.05, 3.63) is 21.9 Å². The van der Waals surface area contributed by atoms with Crippen LogP contribution in [0.2, 0.25) is 0 Å². The highest BCUT2D eigenvalue weighted by Gasteiger charge is 2.17. The molecular formula is C13H17NO2S2. The number of nitrogens with one attached hydrogen (secondary N) is 1. The number of thiophene rings is 1. The molecule has 1 rings (SSSR count). The predicted octanol–water partition coefficient (Wildman–Crippen LogP) is 1.96. The van der Waals surface area contributed by atoms with E-state index in [2.05, 4.69) is 31.0 Å². The molecule has 1 aromatic heterocycles. The summed E-state index contributed by atoms with van der Waals surface area (Å²) in [6.45, 7) is 4.63. The molecule has 0 saturated carbocycles. The van der Waals surface area contributed by atoms with Crippen molar-refractivity contribution in [2.24, 2.45) is 0 Å². The van der Waals surface area contributed by atoms with Gasteiger partial charge in [-0.05, 0) is 26.2 Å². The van der Waals surface area contributed by atoms with Crippen molar-refractivity contribution in [2.45, 2.75) is 18.6 Å². The minimum Gasteiger partial charge on any atom is -0.384 e. The third-order valence-corrected chi connectivity index (χ3v) is 4.47. The van der Waals surface area contributed by atoms with Crippen molar-refractivity contribution in [1.82, 2.24) is 5.32 Å². The van der Waals surface area contributed by atoms with Crippen LogP contribution in [0.3, 0.4) is 0 Å². The number of carbonyl (C=O) groups is 1. The van der Waals surface area contributed by atoms with Crippen LogP contribution < -0.4 is 5.32 Å². The van der Waals surface area contributed by atoms with Crippen LogP contribution in [-0.4, -0.2) is 35.2 Å². The molecule has 0 fully saturated rings. The van der Waals surface area contributed by atoms with Crippen LogP contribution in [0.5, 0.6) is 0 Å². The summed E-state index contributed by atoms with van der Waals surface area (Å²) in [6.07, 6.45) is 2.03. The van der Waals surface area contributed by atoms with E-state index in [0.29, 0.717) is 12.1 Å². The summed E-state index contributed by atoms with van der Waals surface area (Å²) >= 11 is 3.12. The van der Waals surface area contributed by atoms with Gasteiger partial charge in [0, 0.05) is 16.7 Å². The zero-order valence-corrected chi connectivity index (χ0v) is 12.4. The van der Waals surface area contributed by atoms with E-state index in [1.165, 1.54) is 11.3 Å². The van der Waals surface area contributed by atoms with Gasteiger partial charge >= 0.3 is 0 Å². The van der Waals surface area contributed by atoms with Crippen molar-refractivity contribution in [3.8, 4) is 11.8 Å². The summed E-state index contributed by atoms with van der Waals surface area (Å²) in [5, 5.41) is 13.3. The Kier molecular flexibility index (Phi) is 5.73. The Labute approximate surface area is 116 Å². The number of thioether (sulfide) groups is 1. The molecule has 0 bridgehead atoms. The number of amides is 1. The first kappa shape index (κ1) is 15.1. The van der Waals surface area contributed by atoms with Gasteiger partial charge in [-0.1, -0.05) is 11.8 Å². The standard InChI is InChI=1S/C13H17NO2S2/c1-13(2,17-3)9-14-12(16)10-7-11(18-8-10)5-4-6-15/h7-8,15H,6,9H2,1-3H3,(H,14,16). The third kappa shape index (κ3) is 4.73. The fourth-order valence-corrected chi connectivity index (χ4v) is 2.09. The Morgan fingerprint density at radius 2 is 2.33 bits per heavy atom. The molecule has 1 amide bonds. The molecular weight excluding hydrogens is 266 g/mol. The topological polar surface area (TPSA) is 49.3 Å². The smallest absolute Gasteiger partial charge is 0.252 e. The van der Waals surface area contributed by atoms with Crippen LogP contribution in [0.15, 0.2) is 11.4 Å². The van der Waals surface area contributed by atoms with Gasteiger partial charge < -0.3 is 10.4 Å². The van der Waals surface area contributed by atoms with E-state index in [4.69, 9.17) is 5.11 Å². The van der Waals surface area contributed by atoms with Gasteiger partial charge in [-0.2, -0.15) is 11.8 Å². The number of rotatable bonds is 4. The Morgan fingerprint density at radius 1 is 1.61 bits per heavy atom. The van der Waals surface area contributed by atoms with E-state index >= 15 is 0 Å². The molecule has 18 heavy (non-hydrogen) atoms. The van der Waals surface area contributed by atoms with Gasteiger partial charge in [0.1, 0.15) is 6.61 Å². The average molecular weight is 283 g/mol. The van der Waals surface area contributed by atoms with Gasteiger partial charge in [-0.25, -0.2) is 0 Å². The number of aliphatic hydroxyl groups excluding tert-OH is 1. The fraction of sp³-hybridized carbons (Fsp3) is 0.462. The van der Waals surface area contributed by atoms with E-state index in [1.54, 1.807) is 23.2 Å². The molecule has 0 saturated heterocycles. The second-order valence-corrected chi connectivity index (χ2v) is 6.73. The van der Waals surface area contributed by atoms with E-state index in [-0.39, 0.29) is 17.3 Å². The Hall–Kier alpha value is -0.960. The highest BCUT2D eigenvalue weighted by atomic mass is 32.2. The lowest BCUT2D eigenvalue weighted by molar-refractivity contribution is 0.0951. The maximum Gasteiger partial charge on any atom is 0.252 e. The number of hydrogen-bond acceptors (Lipinski definition) is 4. The first-order valence-electron chi connectivity index (χ1n) is 5.50. The van der Waals surface area contributed by atoms with E-state index in [9.17, 15) is 4.79 Å². The lowest BCUT2D eigenvalue weighted by Crippen LogP contribution is -2.35. The Bertz CT molecular complexity index is 469. The van der Waals surface area contributed by atoms with E-state index in [1.807, 2.05) is 6.26 Å². The highest BCUT2D eigenvalue weighted by molar-refractivity contribution is 7.99. The molecule has 0 atom stereocenters. The minimum absolute atomic E-state index is 0.0329. The lowest BCUT2D eigenvalue weighted by Gasteiger charge is -2.21. The zero-order chi connectivity index (χ0) is 13.6. The monoisotopic (exact) mass is 283 g/mol. The van der Waals surface area contributed by atoms with E-state index in [0.717, 1.165) is 4.88 Å². The molecule has 3 nitrogen and oxygen atoms in total. The van der Waals surface area contributed by atoms with Gasteiger partial charge in [0.25, 0.3) is 5.91 Å². The molecule has 0 aliphatic heterocycles. The first-order valence-corrected chi connectivity index (χ1v) is 7.60. The van der Waals surface area contributed by atoms with Crippen molar-refractivity contribution in [2.75, 3.05) is 19.4 Å². The number of aliphatic hydroxyl groups is 1. The van der Waals surface area contributed by atoms with Gasteiger partial charge in [0.05, 0.1) is 10.4 Å². The highest BCUT2D eigenvalue weighted by Crippen LogP contribution is 2.20. The van der Waals surface area contributed by atoms with Crippen LogP contribution in [0.4, 0.5) is 0 Å². The summed E-state index contributed by atoms with van der Waals surface area (Å²) in [7, 11) is 0. The van der Waals surface area contributed by atoms with E-state index < -0.39 is 0 Å². The number of carbonyl (C=O) groups excluding carboxylic acids is 1. The summed E-state index contributed by atoms with van der Waals surface area (Å²) in [5.41, 5.74) is 0.624. The molecule has 0 radical (unpaired) electrons. The third-order valence-electron chi connectivity index (χ3n) is 2.38. The maximum absolute atomic E-state index is 11.9. The molecule has 2 N–H and O–H groups in total. The molecule has 0 spiro atoms. The predicted molar refractivity (Wildman–Crippen MR) is 78.2 cm³/mol. The summed E-state index contributed by atoms with van der Waals surface area (Å²) in [5.74, 6) is 5.27. The molecule has 1 aromatic rings. The normalized spacial score (nSPS) is 10.7. The van der Waals surface area contributed by atoms with Crippen molar-refractivity contribution in [3.63, 3.8) is 0 Å². The molecule has 98 valence electrons. The fourth-order valence-electron chi connectivity index (χ4n) is 1.11. The molecule has 1 heterocycles. The quantitative estimate of drug-likeness (QED) is 0.831. The molecule has 0 unspecified atom stereocenters. The van der Waals surface area contributed by atoms with Gasteiger partial charge in [0.15, 0.2) is 0 Å². The van der Waals surface area contributed by atoms with Crippen molar-refractivity contribution >= 4 is 29.0 Å². The maximum atomic E-state index is 11.9. The lowest BCUT2D eigenvalue weighted by atomic mass is 10.2. The second kappa shape index (κ2) is 6.83.